The lowest BCUT2D eigenvalue weighted by molar-refractivity contribution is 0.0133. The Bertz CT molecular complexity index is 765. The minimum atomic E-state index is -0.818. The first-order valence-corrected chi connectivity index (χ1v) is 11.4. The lowest BCUT2D eigenvalue weighted by Crippen LogP contribution is -2.21. The van der Waals surface area contributed by atoms with Crippen LogP contribution in [-0.2, 0) is 11.3 Å². The van der Waals surface area contributed by atoms with E-state index in [0.29, 0.717) is 19.4 Å². The molecule has 2 aromatic rings. The first-order valence-electron chi connectivity index (χ1n) is 10.6. The van der Waals surface area contributed by atoms with E-state index in [1.165, 1.54) is 0 Å². The molecule has 31 heavy (non-hydrogen) atoms. The molecule has 4 N–H and O–H groups in total. The lowest BCUT2D eigenvalue weighted by atomic mass is 9.96. The Morgan fingerprint density at radius 1 is 0.871 bits per heavy atom. The first kappa shape index (κ1) is 25.7. The van der Waals surface area contributed by atoms with Crippen molar-refractivity contribution in [1.82, 2.24) is 0 Å². The molecule has 170 valence electrons. The van der Waals surface area contributed by atoms with Crippen LogP contribution in [0, 0.1) is 5.92 Å². The van der Waals surface area contributed by atoms with Gasteiger partial charge in [-0.1, -0.05) is 77.5 Å². The molecule has 6 heteroatoms. The van der Waals surface area contributed by atoms with Crippen molar-refractivity contribution in [3.63, 3.8) is 0 Å². The Balaban J connectivity index is 1.65. The van der Waals surface area contributed by atoms with Gasteiger partial charge in [0.15, 0.2) is 0 Å². The highest BCUT2D eigenvalue weighted by atomic mass is 79.9. The van der Waals surface area contributed by atoms with E-state index in [0.717, 1.165) is 15.6 Å². The molecule has 0 saturated heterocycles. The number of halogens is 1. The van der Waals surface area contributed by atoms with Crippen molar-refractivity contribution in [2.45, 2.75) is 57.2 Å². The number of benzene rings is 2. The molecule has 0 heterocycles. The summed E-state index contributed by atoms with van der Waals surface area (Å²) in [4.78, 5) is 0. The molecule has 0 saturated carbocycles. The topological polar surface area (TPSA) is 90.2 Å². The molecule has 0 fully saturated rings. The molecule has 0 spiro atoms. The van der Waals surface area contributed by atoms with Crippen molar-refractivity contribution >= 4 is 15.9 Å². The van der Waals surface area contributed by atoms with Gasteiger partial charge < -0.3 is 25.2 Å². The van der Waals surface area contributed by atoms with Gasteiger partial charge in [0.25, 0.3) is 0 Å². The molecule has 0 aromatic heterocycles. The van der Waals surface area contributed by atoms with E-state index in [2.05, 4.69) is 15.9 Å². The Morgan fingerprint density at radius 3 is 2.19 bits per heavy atom. The van der Waals surface area contributed by atoms with Crippen LogP contribution in [0.3, 0.4) is 0 Å². The van der Waals surface area contributed by atoms with E-state index < -0.39 is 24.4 Å². The standard InChI is InChI=1S/C25H33BrO5/c1-18(25(30)20-8-10-21(26)11-9-20)7-12-22(27)15-23(28)13-14-24(29)17-31-16-19-5-3-2-4-6-19/h2-12,18,22-25,27-30H,13-17H2,1H3/b12-7-/t18-,22-,23-,24+,25+/m1/s1. The summed E-state index contributed by atoms with van der Waals surface area (Å²) in [5.41, 5.74) is 1.85. The average molecular weight is 493 g/mol. The number of hydrogen-bond donors (Lipinski definition) is 4. The van der Waals surface area contributed by atoms with Crippen molar-refractivity contribution in [2.24, 2.45) is 5.92 Å². The highest BCUT2D eigenvalue weighted by Gasteiger charge is 2.16. The van der Waals surface area contributed by atoms with Crippen molar-refractivity contribution < 1.29 is 25.2 Å². The minimum absolute atomic E-state index is 0.176. The van der Waals surface area contributed by atoms with Crippen LogP contribution in [0.4, 0.5) is 0 Å². The van der Waals surface area contributed by atoms with Crippen molar-refractivity contribution in [1.29, 1.82) is 0 Å². The molecular weight excluding hydrogens is 460 g/mol. The minimum Gasteiger partial charge on any atom is -0.393 e. The Morgan fingerprint density at radius 2 is 1.52 bits per heavy atom. The van der Waals surface area contributed by atoms with E-state index in [1.54, 1.807) is 12.2 Å². The quantitative estimate of drug-likeness (QED) is 0.315. The average Bonchev–Trinajstić information content (AvgIpc) is 2.77. The molecule has 0 bridgehead atoms. The summed E-state index contributed by atoms with van der Waals surface area (Å²) >= 11 is 3.37. The van der Waals surface area contributed by atoms with E-state index in [9.17, 15) is 20.4 Å². The fourth-order valence-electron chi connectivity index (χ4n) is 3.20. The first-order chi connectivity index (χ1) is 14.8. The third-order valence-corrected chi connectivity index (χ3v) is 5.64. The number of aliphatic hydroxyl groups excluding tert-OH is 4. The van der Waals surface area contributed by atoms with Gasteiger partial charge in [-0.25, -0.2) is 0 Å². The molecule has 0 amide bonds. The summed E-state index contributed by atoms with van der Waals surface area (Å²) in [6.45, 7) is 2.52. The van der Waals surface area contributed by atoms with Crippen LogP contribution >= 0.6 is 15.9 Å². The number of rotatable bonds is 13. The Hall–Kier alpha value is -1.54. The summed E-state index contributed by atoms with van der Waals surface area (Å²) < 4.78 is 6.45. The predicted molar refractivity (Wildman–Crippen MR) is 125 cm³/mol. The van der Waals surface area contributed by atoms with Crippen molar-refractivity contribution in [3.05, 3.63) is 82.3 Å². The zero-order valence-electron chi connectivity index (χ0n) is 17.8. The number of aliphatic hydroxyl groups is 4. The third kappa shape index (κ3) is 10.1. The van der Waals surface area contributed by atoms with Gasteiger partial charge in [-0.3, -0.25) is 0 Å². The van der Waals surface area contributed by atoms with E-state index in [1.807, 2.05) is 61.5 Å². The molecule has 0 aliphatic heterocycles. The van der Waals surface area contributed by atoms with Gasteiger partial charge in [0.2, 0.25) is 0 Å². The van der Waals surface area contributed by atoms with E-state index >= 15 is 0 Å². The van der Waals surface area contributed by atoms with Crippen LogP contribution in [0.25, 0.3) is 0 Å². The van der Waals surface area contributed by atoms with Gasteiger partial charge in [-0.05, 0) is 36.1 Å². The highest BCUT2D eigenvalue weighted by molar-refractivity contribution is 9.10. The van der Waals surface area contributed by atoms with E-state index in [-0.39, 0.29) is 18.9 Å². The molecule has 5 atom stereocenters. The summed E-state index contributed by atoms with van der Waals surface area (Å²) in [5.74, 6) is -0.184. The van der Waals surface area contributed by atoms with Crippen LogP contribution in [0.5, 0.6) is 0 Å². The SMILES string of the molecule is C[C@H](/C=C\[C@@H](O)C[C@H](O)CC[C@H](O)COCc1ccccc1)[C@H](O)c1ccc(Br)cc1. The Labute approximate surface area is 193 Å². The predicted octanol–water partition coefficient (Wildman–Crippen LogP) is 4.14. The molecular formula is C25H33BrO5. The molecule has 0 unspecified atom stereocenters. The maximum Gasteiger partial charge on any atom is 0.0849 e. The second-order valence-electron chi connectivity index (χ2n) is 7.93. The number of hydrogen-bond acceptors (Lipinski definition) is 5. The highest BCUT2D eigenvalue weighted by Crippen LogP contribution is 2.24. The van der Waals surface area contributed by atoms with Crippen LogP contribution in [-0.4, -0.2) is 45.3 Å². The van der Waals surface area contributed by atoms with Gasteiger partial charge in [-0.2, -0.15) is 0 Å². The number of ether oxygens (including phenoxy) is 1. The van der Waals surface area contributed by atoms with E-state index in [4.69, 9.17) is 4.74 Å². The monoisotopic (exact) mass is 492 g/mol. The van der Waals surface area contributed by atoms with Gasteiger partial charge in [0, 0.05) is 16.8 Å². The van der Waals surface area contributed by atoms with Crippen LogP contribution < -0.4 is 0 Å². The van der Waals surface area contributed by atoms with Crippen LogP contribution in [0.15, 0.2) is 71.2 Å². The summed E-state index contributed by atoms with van der Waals surface area (Å²) in [6, 6.07) is 17.2. The molecule has 0 aliphatic rings. The molecule has 5 nitrogen and oxygen atoms in total. The normalized spacial score (nSPS) is 16.7. The van der Waals surface area contributed by atoms with Gasteiger partial charge >= 0.3 is 0 Å². The van der Waals surface area contributed by atoms with Crippen molar-refractivity contribution in [3.8, 4) is 0 Å². The third-order valence-electron chi connectivity index (χ3n) is 5.11. The fourth-order valence-corrected chi connectivity index (χ4v) is 3.47. The van der Waals surface area contributed by atoms with Gasteiger partial charge in [0.05, 0.1) is 37.6 Å². The molecule has 2 aromatic carbocycles. The molecule has 2 rings (SSSR count). The molecule has 0 radical (unpaired) electrons. The zero-order valence-corrected chi connectivity index (χ0v) is 19.4. The second kappa shape index (κ2) is 13.8. The molecule has 0 aliphatic carbocycles. The smallest absolute Gasteiger partial charge is 0.0849 e. The van der Waals surface area contributed by atoms with Crippen LogP contribution in [0.2, 0.25) is 0 Å². The maximum absolute atomic E-state index is 10.4. The van der Waals surface area contributed by atoms with Gasteiger partial charge in [-0.15, -0.1) is 0 Å². The van der Waals surface area contributed by atoms with Crippen LogP contribution in [0.1, 0.15) is 43.4 Å². The summed E-state index contributed by atoms with van der Waals surface area (Å²) in [6.07, 6.45) is 1.43. The zero-order chi connectivity index (χ0) is 22.6. The Kier molecular flexibility index (Phi) is 11.4. The second-order valence-corrected chi connectivity index (χ2v) is 8.84. The fraction of sp³-hybridized carbons (Fsp3) is 0.440. The maximum atomic E-state index is 10.4. The van der Waals surface area contributed by atoms with Gasteiger partial charge in [0.1, 0.15) is 0 Å². The summed E-state index contributed by atoms with van der Waals surface area (Å²) in [5, 5.41) is 40.8. The van der Waals surface area contributed by atoms with Crippen molar-refractivity contribution in [2.75, 3.05) is 6.61 Å². The lowest BCUT2D eigenvalue weighted by Gasteiger charge is -2.18. The summed E-state index contributed by atoms with van der Waals surface area (Å²) in [7, 11) is 0. The largest absolute Gasteiger partial charge is 0.393 e.